The average molecular weight is 202 g/mol. The normalized spacial score (nSPS) is 9.09. The van der Waals surface area contributed by atoms with Crippen molar-refractivity contribution in [1.29, 1.82) is 0 Å². The van der Waals surface area contributed by atoms with Crippen LogP contribution in [0.5, 0.6) is 0 Å². The van der Waals surface area contributed by atoms with E-state index in [1.807, 2.05) is 13.8 Å². The summed E-state index contributed by atoms with van der Waals surface area (Å²) in [6.45, 7) is 5.67. The molecule has 0 spiro atoms. The number of ether oxygens (including phenoxy) is 1. The SMILES string of the molecule is CCOCC.O=S(=O)(O)O.[AlH3]. The van der Waals surface area contributed by atoms with E-state index in [-0.39, 0.29) is 17.4 Å². The minimum Gasteiger partial charge on any atom is -0.382 e. The zero-order valence-electron chi connectivity index (χ0n) is 5.94. The second kappa shape index (κ2) is 10.4. The van der Waals surface area contributed by atoms with E-state index < -0.39 is 10.4 Å². The Morgan fingerprint density at radius 2 is 1.36 bits per heavy atom. The predicted octanol–water partition coefficient (Wildman–Crippen LogP) is -0.794. The molecule has 0 unspecified atom stereocenters. The van der Waals surface area contributed by atoms with Crippen LogP contribution in [-0.2, 0) is 15.1 Å². The fourth-order valence-electron chi connectivity index (χ4n) is 0.204. The molecule has 0 aliphatic rings. The molecule has 0 saturated heterocycles. The molecule has 2 N–H and O–H groups in total. The largest absolute Gasteiger partial charge is 0.394 e. The van der Waals surface area contributed by atoms with Crippen molar-refractivity contribution in [3.63, 3.8) is 0 Å². The lowest BCUT2D eigenvalue weighted by molar-refractivity contribution is 0.162. The quantitative estimate of drug-likeness (QED) is 0.452. The Bertz CT molecular complexity index is 133. The Hall–Kier alpha value is 0.362. The van der Waals surface area contributed by atoms with Gasteiger partial charge in [-0.25, -0.2) is 0 Å². The summed E-state index contributed by atoms with van der Waals surface area (Å²) in [4.78, 5) is 0. The Morgan fingerprint density at radius 3 is 1.36 bits per heavy atom. The zero-order chi connectivity index (χ0) is 8.62. The predicted molar refractivity (Wildman–Crippen MR) is 46.3 cm³/mol. The molecule has 0 aromatic carbocycles. The van der Waals surface area contributed by atoms with Crippen molar-refractivity contribution in [1.82, 2.24) is 0 Å². The minimum absolute atomic E-state index is 0. The average Bonchev–Trinajstić information content (AvgIpc) is 1.63. The summed E-state index contributed by atoms with van der Waals surface area (Å²) in [5.74, 6) is 0. The zero-order valence-corrected chi connectivity index (χ0v) is 6.76. The van der Waals surface area contributed by atoms with Crippen LogP contribution < -0.4 is 0 Å². The van der Waals surface area contributed by atoms with Gasteiger partial charge in [0, 0.05) is 13.2 Å². The maximum atomic E-state index is 8.74. The number of hydrogen-bond acceptors (Lipinski definition) is 3. The van der Waals surface area contributed by atoms with Gasteiger partial charge in [0.15, 0.2) is 17.4 Å². The maximum Gasteiger partial charge on any atom is 0.394 e. The molecule has 0 rings (SSSR count). The molecule has 11 heavy (non-hydrogen) atoms. The highest BCUT2D eigenvalue weighted by Crippen LogP contribution is 1.64. The fourth-order valence-corrected chi connectivity index (χ4v) is 0.204. The maximum absolute atomic E-state index is 8.74. The first-order chi connectivity index (χ1) is 4.41. The van der Waals surface area contributed by atoms with Gasteiger partial charge >= 0.3 is 10.4 Å². The van der Waals surface area contributed by atoms with Crippen molar-refractivity contribution in [2.24, 2.45) is 0 Å². The fraction of sp³-hybridized carbons (Fsp3) is 1.00. The first-order valence-electron chi connectivity index (χ1n) is 2.69. The molecule has 0 radical (unpaired) electrons. The van der Waals surface area contributed by atoms with E-state index in [9.17, 15) is 0 Å². The third-order valence-electron chi connectivity index (χ3n) is 0.408. The van der Waals surface area contributed by atoms with E-state index in [2.05, 4.69) is 0 Å². The summed E-state index contributed by atoms with van der Waals surface area (Å²) in [5, 5.41) is 0. The molecule has 0 aliphatic carbocycles. The van der Waals surface area contributed by atoms with Gasteiger partial charge in [0.25, 0.3) is 0 Å². The van der Waals surface area contributed by atoms with E-state index in [4.69, 9.17) is 22.3 Å². The number of rotatable bonds is 2. The summed E-state index contributed by atoms with van der Waals surface area (Å²) in [7, 11) is -4.67. The molecule has 0 aliphatic heterocycles. The van der Waals surface area contributed by atoms with Gasteiger partial charge in [-0.05, 0) is 13.8 Å². The smallest absolute Gasteiger partial charge is 0.382 e. The van der Waals surface area contributed by atoms with E-state index >= 15 is 0 Å². The lowest BCUT2D eigenvalue weighted by Gasteiger charge is -1.86. The summed E-state index contributed by atoms with van der Waals surface area (Å²) in [5.41, 5.74) is 0. The molecule has 70 valence electrons. The van der Waals surface area contributed by atoms with Crippen molar-refractivity contribution in [3.8, 4) is 0 Å². The first kappa shape index (κ1) is 17.4. The Morgan fingerprint density at radius 1 is 1.18 bits per heavy atom. The molecule has 5 nitrogen and oxygen atoms in total. The monoisotopic (exact) mass is 202 g/mol. The van der Waals surface area contributed by atoms with Crippen molar-refractivity contribution in [3.05, 3.63) is 0 Å². The first-order valence-corrected chi connectivity index (χ1v) is 4.09. The molecule has 7 heteroatoms. The van der Waals surface area contributed by atoms with Crippen molar-refractivity contribution < 1.29 is 22.3 Å². The van der Waals surface area contributed by atoms with Crippen LogP contribution in [0, 0.1) is 0 Å². The van der Waals surface area contributed by atoms with Gasteiger partial charge in [0.2, 0.25) is 0 Å². The molecule has 0 heterocycles. The van der Waals surface area contributed by atoms with Crippen LogP contribution in [0.1, 0.15) is 13.8 Å². The molecule has 0 bridgehead atoms. The summed E-state index contributed by atoms with van der Waals surface area (Å²) in [6, 6.07) is 0. The van der Waals surface area contributed by atoms with Gasteiger partial charge in [-0.15, -0.1) is 0 Å². The van der Waals surface area contributed by atoms with Crippen LogP contribution in [0.15, 0.2) is 0 Å². The third-order valence-corrected chi connectivity index (χ3v) is 0.408. The van der Waals surface area contributed by atoms with E-state index in [1.165, 1.54) is 0 Å². The molecule has 0 fully saturated rings. The second-order valence-corrected chi connectivity index (χ2v) is 2.12. The van der Waals surface area contributed by atoms with Crippen LogP contribution >= 0.6 is 0 Å². The van der Waals surface area contributed by atoms with Gasteiger partial charge in [-0.2, -0.15) is 8.42 Å². The van der Waals surface area contributed by atoms with Gasteiger partial charge < -0.3 is 4.74 Å². The molecule has 0 aromatic rings. The Balaban J connectivity index is -0.000000107. The highest BCUT2D eigenvalue weighted by molar-refractivity contribution is 7.79. The van der Waals surface area contributed by atoms with Crippen molar-refractivity contribution >= 4 is 27.8 Å². The third kappa shape index (κ3) is 130. The summed E-state index contributed by atoms with van der Waals surface area (Å²) in [6.07, 6.45) is 0. The molecule has 0 aromatic heterocycles. The van der Waals surface area contributed by atoms with Crippen molar-refractivity contribution in [2.45, 2.75) is 13.8 Å². The second-order valence-electron chi connectivity index (χ2n) is 1.23. The van der Waals surface area contributed by atoms with Crippen LogP contribution in [0.4, 0.5) is 0 Å². The lowest BCUT2D eigenvalue weighted by Crippen LogP contribution is -1.89. The van der Waals surface area contributed by atoms with E-state index in [0.717, 1.165) is 13.2 Å². The molecule has 0 saturated carbocycles. The van der Waals surface area contributed by atoms with Crippen molar-refractivity contribution in [2.75, 3.05) is 13.2 Å². The van der Waals surface area contributed by atoms with Gasteiger partial charge in [0.05, 0.1) is 0 Å². The topological polar surface area (TPSA) is 83.8 Å². The van der Waals surface area contributed by atoms with Crippen LogP contribution in [0.3, 0.4) is 0 Å². The highest BCUT2D eigenvalue weighted by Gasteiger charge is 1.84. The molecular formula is C4H15AlO5S. The van der Waals surface area contributed by atoms with Gasteiger partial charge in [-0.3, -0.25) is 9.11 Å². The van der Waals surface area contributed by atoms with E-state index in [0.29, 0.717) is 0 Å². The Labute approximate surface area is 77.5 Å². The van der Waals surface area contributed by atoms with Gasteiger partial charge in [0.1, 0.15) is 0 Å². The minimum atomic E-state index is -4.67. The van der Waals surface area contributed by atoms with E-state index in [1.54, 1.807) is 0 Å². The van der Waals surface area contributed by atoms with Crippen LogP contribution in [-0.4, -0.2) is 48.1 Å². The highest BCUT2D eigenvalue weighted by atomic mass is 32.3. The molecule has 0 amide bonds. The Kier molecular flexibility index (Phi) is 16.4. The van der Waals surface area contributed by atoms with Crippen LogP contribution in [0.25, 0.3) is 0 Å². The standard InChI is InChI=1S/C4H10O.Al.H2O4S.3H/c1-3-5-4-2;;1-5(2,3)4;;;/h3-4H2,1-2H3;;(H2,1,2,3,4);;;. The lowest BCUT2D eigenvalue weighted by atomic mass is 10.8. The summed E-state index contributed by atoms with van der Waals surface area (Å²) < 4.78 is 36.4. The van der Waals surface area contributed by atoms with Crippen LogP contribution in [0.2, 0.25) is 0 Å². The number of hydrogen-bond donors (Lipinski definition) is 2. The molecule has 0 atom stereocenters. The van der Waals surface area contributed by atoms with Gasteiger partial charge in [-0.1, -0.05) is 0 Å². The summed E-state index contributed by atoms with van der Waals surface area (Å²) >= 11 is 0. The molecular weight excluding hydrogens is 187 g/mol.